The van der Waals surface area contributed by atoms with Crippen molar-refractivity contribution < 1.29 is 23.9 Å². The smallest absolute Gasteiger partial charge is 0.343 e. The van der Waals surface area contributed by atoms with Crippen molar-refractivity contribution in [2.24, 2.45) is 11.8 Å². The summed E-state index contributed by atoms with van der Waals surface area (Å²) in [5.41, 5.74) is 0. The maximum atomic E-state index is 11.9. The zero-order valence-corrected chi connectivity index (χ0v) is 11.3. The van der Waals surface area contributed by atoms with E-state index >= 15 is 0 Å². The Labute approximate surface area is 96.4 Å². The molecule has 16 heavy (non-hydrogen) atoms. The molecule has 0 saturated carbocycles. The van der Waals surface area contributed by atoms with Gasteiger partial charge in [0.1, 0.15) is 0 Å². The van der Waals surface area contributed by atoms with Gasteiger partial charge in [0.15, 0.2) is 5.16 Å². The van der Waals surface area contributed by atoms with Gasteiger partial charge >= 0.3 is 13.6 Å². The van der Waals surface area contributed by atoms with Crippen molar-refractivity contribution in [1.82, 2.24) is 0 Å². The topological polar surface area (TPSA) is 83.8 Å². The van der Waals surface area contributed by atoms with E-state index in [0.717, 1.165) is 0 Å². The van der Waals surface area contributed by atoms with Crippen LogP contribution >= 0.6 is 7.60 Å². The van der Waals surface area contributed by atoms with Crippen LogP contribution in [0.5, 0.6) is 0 Å². The Kier molecular flexibility index (Phi) is 5.17. The molecule has 0 amide bonds. The Balaban J connectivity index is 5.65. The van der Waals surface area contributed by atoms with E-state index in [0.29, 0.717) is 0 Å². The number of hydrogen-bond donors (Lipinski definition) is 2. The zero-order valence-electron chi connectivity index (χ0n) is 10.4. The molecule has 0 fully saturated rings. The first-order valence-corrected chi connectivity index (χ1v) is 6.96. The Bertz CT molecular complexity index is 284. The third-order valence-corrected chi connectivity index (χ3v) is 5.02. The van der Waals surface area contributed by atoms with Gasteiger partial charge in [0.2, 0.25) is 0 Å². The highest BCUT2D eigenvalue weighted by Crippen LogP contribution is 2.59. The maximum Gasteiger partial charge on any atom is 0.343 e. The predicted molar refractivity (Wildman–Crippen MR) is 61.1 cm³/mol. The second-order valence-corrected chi connectivity index (χ2v) is 6.23. The average Bonchev–Trinajstić information content (AvgIpc) is 2.00. The van der Waals surface area contributed by atoms with Crippen LogP contribution in [0.15, 0.2) is 0 Å². The number of rotatable bonds is 5. The summed E-state index contributed by atoms with van der Waals surface area (Å²) in [6.07, 6.45) is 0. The molecule has 96 valence electrons. The molecule has 0 saturated heterocycles. The van der Waals surface area contributed by atoms with E-state index in [9.17, 15) is 19.1 Å². The van der Waals surface area contributed by atoms with E-state index in [1.807, 2.05) is 0 Å². The molecule has 0 aliphatic rings. The van der Waals surface area contributed by atoms with Gasteiger partial charge in [0, 0.05) is 0 Å². The minimum absolute atomic E-state index is 0.111. The van der Waals surface area contributed by atoms with Gasteiger partial charge in [-0.15, -0.1) is 0 Å². The predicted octanol–water partition coefficient (Wildman–Crippen LogP) is 1.78. The summed E-state index contributed by atoms with van der Waals surface area (Å²) < 4.78 is 16.5. The SMILES string of the molecule is CCOC(=O)C(C(C)C)(C(C)C)P(=O)(O)O. The van der Waals surface area contributed by atoms with Crippen LogP contribution < -0.4 is 0 Å². The third-order valence-electron chi connectivity index (χ3n) is 2.84. The molecule has 0 heterocycles. The minimum Gasteiger partial charge on any atom is -0.465 e. The number of carbonyl (C=O) groups is 1. The number of hydrogen-bond acceptors (Lipinski definition) is 3. The Morgan fingerprint density at radius 3 is 1.81 bits per heavy atom. The molecule has 0 aliphatic heterocycles. The molecule has 5 nitrogen and oxygen atoms in total. The molecule has 0 unspecified atom stereocenters. The second-order valence-electron chi connectivity index (χ2n) is 4.40. The van der Waals surface area contributed by atoms with Gasteiger partial charge in [-0.3, -0.25) is 9.36 Å². The summed E-state index contributed by atoms with van der Waals surface area (Å²) in [5.74, 6) is -1.80. The van der Waals surface area contributed by atoms with Gasteiger partial charge < -0.3 is 14.5 Å². The number of carbonyl (C=O) groups excluding carboxylic acids is 1. The molecule has 0 aliphatic carbocycles. The molecule has 0 aromatic heterocycles. The van der Waals surface area contributed by atoms with Crippen LogP contribution in [0.4, 0.5) is 0 Å². The van der Waals surface area contributed by atoms with Gasteiger partial charge in [-0.1, -0.05) is 27.7 Å². The Morgan fingerprint density at radius 2 is 1.62 bits per heavy atom. The lowest BCUT2D eigenvalue weighted by molar-refractivity contribution is -0.150. The van der Waals surface area contributed by atoms with Crippen molar-refractivity contribution in [1.29, 1.82) is 0 Å². The van der Waals surface area contributed by atoms with E-state index in [-0.39, 0.29) is 6.61 Å². The van der Waals surface area contributed by atoms with Crippen molar-refractivity contribution in [3.05, 3.63) is 0 Å². The van der Waals surface area contributed by atoms with E-state index in [1.165, 1.54) is 0 Å². The maximum absolute atomic E-state index is 11.9. The Morgan fingerprint density at radius 1 is 1.25 bits per heavy atom. The standard InChI is InChI=1S/C10H21O5P/c1-6-15-9(11)10(7(2)3,8(4)5)16(12,13)14/h7-8H,6H2,1-5H3,(H2,12,13,14). The molecule has 6 heteroatoms. The first kappa shape index (κ1) is 15.6. The highest BCUT2D eigenvalue weighted by atomic mass is 31.2. The summed E-state index contributed by atoms with van der Waals surface area (Å²) in [4.78, 5) is 30.8. The summed E-state index contributed by atoms with van der Waals surface area (Å²) >= 11 is 0. The summed E-state index contributed by atoms with van der Waals surface area (Å²) in [7, 11) is -4.58. The van der Waals surface area contributed by atoms with Crippen LogP contribution in [-0.4, -0.2) is 27.5 Å². The average molecular weight is 252 g/mol. The molecular formula is C10H21O5P. The number of ether oxygens (including phenoxy) is 1. The molecule has 0 aromatic carbocycles. The first-order chi connectivity index (χ1) is 7.12. The number of esters is 1. The fourth-order valence-electron chi connectivity index (χ4n) is 2.18. The first-order valence-electron chi connectivity index (χ1n) is 5.35. The fraction of sp³-hybridized carbons (Fsp3) is 0.900. The quantitative estimate of drug-likeness (QED) is 0.575. The molecule has 0 aromatic rings. The lowest BCUT2D eigenvalue weighted by Crippen LogP contribution is -2.49. The highest BCUT2D eigenvalue weighted by molar-refractivity contribution is 7.54. The monoisotopic (exact) mass is 252 g/mol. The van der Waals surface area contributed by atoms with Crippen LogP contribution in [0.3, 0.4) is 0 Å². The van der Waals surface area contributed by atoms with Crippen molar-refractivity contribution in [3.63, 3.8) is 0 Å². The summed E-state index contributed by atoms with van der Waals surface area (Å²) in [5, 5.41) is -1.75. The van der Waals surface area contributed by atoms with Crippen LogP contribution in [0.25, 0.3) is 0 Å². The van der Waals surface area contributed by atoms with Crippen LogP contribution in [0, 0.1) is 11.8 Å². The van der Waals surface area contributed by atoms with Gasteiger partial charge in [-0.2, -0.15) is 0 Å². The zero-order chi connectivity index (χ0) is 13.1. The van der Waals surface area contributed by atoms with Gasteiger partial charge in [-0.25, -0.2) is 0 Å². The van der Waals surface area contributed by atoms with Crippen molar-refractivity contribution in [3.8, 4) is 0 Å². The fourth-order valence-corrected chi connectivity index (χ4v) is 3.82. The van der Waals surface area contributed by atoms with Gasteiger partial charge in [-0.05, 0) is 18.8 Å². The van der Waals surface area contributed by atoms with E-state index in [1.54, 1.807) is 34.6 Å². The van der Waals surface area contributed by atoms with E-state index in [2.05, 4.69) is 0 Å². The largest absolute Gasteiger partial charge is 0.465 e. The lowest BCUT2D eigenvalue weighted by atomic mass is 9.84. The molecule has 0 atom stereocenters. The van der Waals surface area contributed by atoms with E-state index in [4.69, 9.17) is 4.74 Å². The molecule has 0 radical (unpaired) electrons. The molecule has 2 N–H and O–H groups in total. The molecule has 0 spiro atoms. The van der Waals surface area contributed by atoms with E-state index < -0.39 is 30.6 Å². The highest BCUT2D eigenvalue weighted by Gasteiger charge is 2.59. The lowest BCUT2D eigenvalue weighted by Gasteiger charge is -2.38. The molecular weight excluding hydrogens is 231 g/mol. The van der Waals surface area contributed by atoms with Crippen molar-refractivity contribution >= 4 is 13.6 Å². The second kappa shape index (κ2) is 5.30. The van der Waals surface area contributed by atoms with Gasteiger partial charge in [0.05, 0.1) is 6.61 Å². The molecule has 0 bridgehead atoms. The van der Waals surface area contributed by atoms with Crippen molar-refractivity contribution in [2.45, 2.75) is 39.8 Å². The van der Waals surface area contributed by atoms with Gasteiger partial charge in [0.25, 0.3) is 0 Å². The van der Waals surface area contributed by atoms with Crippen LogP contribution in [0.1, 0.15) is 34.6 Å². The van der Waals surface area contributed by atoms with Crippen LogP contribution in [0.2, 0.25) is 0 Å². The molecule has 0 rings (SSSR count). The summed E-state index contributed by atoms with van der Waals surface area (Å²) in [6.45, 7) is 8.21. The third kappa shape index (κ3) is 2.47. The Hall–Kier alpha value is -0.380. The summed E-state index contributed by atoms with van der Waals surface area (Å²) in [6, 6.07) is 0. The van der Waals surface area contributed by atoms with Crippen molar-refractivity contribution in [2.75, 3.05) is 6.61 Å². The normalized spacial score (nSPS) is 13.3. The minimum atomic E-state index is -4.58. The van der Waals surface area contributed by atoms with Crippen LogP contribution in [-0.2, 0) is 14.1 Å².